The highest BCUT2D eigenvalue weighted by atomic mass is 15.3. The van der Waals surface area contributed by atoms with Crippen LogP contribution >= 0.6 is 0 Å². The fourth-order valence-electron chi connectivity index (χ4n) is 2.87. The zero-order chi connectivity index (χ0) is 16.2. The van der Waals surface area contributed by atoms with Crippen LogP contribution < -0.4 is 4.90 Å². The molecule has 0 fully saturated rings. The van der Waals surface area contributed by atoms with Crippen LogP contribution in [-0.2, 0) is 13.0 Å². The van der Waals surface area contributed by atoms with E-state index in [-0.39, 0.29) is 0 Å². The number of hydrogen-bond acceptors (Lipinski definition) is 4. The molecule has 0 unspecified atom stereocenters. The van der Waals surface area contributed by atoms with Crippen LogP contribution in [0, 0.1) is 11.3 Å². The largest absolute Gasteiger partial charge is 0.378 e. The van der Waals surface area contributed by atoms with E-state index in [1.807, 2.05) is 44.4 Å². The molecular formula is C18H21N5. The quantitative estimate of drug-likeness (QED) is 0.817. The van der Waals surface area contributed by atoms with Gasteiger partial charge in [0.1, 0.15) is 11.9 Å². The summed E-state index contributed by atoms with van der Waals surface area (Å²) in [7, 11) is 4.02. The molecular weight excluding hydrogens is 286 g/mol. The molecule has 1 aromatic carbocycles. The van der Waals surface area contributed by atoms with Gasteiger partial charge in [-0.05, 0) is 36.6 Å². The van der Waals surface area contributed by atoms with E-state index in [1.165, 1.54) is 6.42 Å². The molecule has 5 nitrogen and oxygen atoms in total. The standard InChI is InChI=1S/C18H21N5/c1-22(2)16-9-7-14(8-10-16)12-15(13-19)18-21-20-17-6-4-3-5-11-23(17)18/h7-10,12H,3-6,11H2,1-2H3/b15-12-. The van der Waals surface area contributed by atoms with Crippen molar-refractivity contribution in [1.82, 2.24) is 14.8 Å². The molecule has 0 aliphatic carbocycles. The fraction of sp³-hybridized carbons (Fsp3) is 0.389. The second-order valence-corrected chi connectivity index (χ2v) is 6.06. The summed E-state index contributed by atoms with van der Waals surface area (Å²) in [6.07, 6.45) is 6.31. The maximum Gasteiger partial charge on any atom is 0.174 e. The van der Waals surface area contributed by atoms with Gasteiger partial charge in [-0.25, -0.2) is 0 Å². The van der Waals surface area contributed by atoms with Gasteiger partial charge in [0, 0.05) is 32.7 Å². The van der Waals surface area contributed by atoms with E-state index in [0.29, 0.717) is 11.4 Å². The zero-order valence-corrected chi connectivity index (χ0v) is 13.7. The summed E-state index contributed by atoms with van der Waals surface area (Å²) in [5.74, 6) is 1.70. The Hall–Kier alpha value is -2.61. The monoisotopic (exact) mass is 307 g/mol. The molecule has 1 aromatic heterocycles. The van der Waals surface area contributed by atoms with Crippen LogP contribution in [-0.4, -0.2) is 28.9 Å². The normalized spacial score (nSPS) is 14.7. The third-order valence-electron chi connectivity index (χ3n) is 4.19. The molecule has 0 radical (unpaired) electrons. The number of nitrogens with zero attached hydrogens (tertiary/aromatic N) is 5. The highest BCUT2D eigenvalue weighted by Crippen LogP contribution is 2.22. The SMILES string of the molecule is CN(C)c1ccc(/C=C(/C#N)c2nnc3n2CCCCC3)cc1. The molecule has 0 atom stereocenters. The van der Waals surface area contributed by atoms with Gasteiger partial charge in [0.05, 0.1) is 5.57 Å². The Morgan fingerprint density at radius 1 is 1.17 bits per heavy atom. The summed E-state index contributed by atoms with van der Waals surface area (Å²) in [6, 6.07) is 10.4. The van der Waals surface area contributed by atoms with Crippen molar-refractivity contribution < 1.29 is 0 Å². The lowest BCUT2D eigenvalue weighted by molar-refractivity contribution is 0.627. The molecule has 2 heterocycles. The minimum atomic E-state index is 0.572. The van der Waals surface area contributed by atoms with Gasteiger partial charge in [-0.2, -0.15) is 5.26 Å². The molecule has 5 heteroatoms. The number of anilines is 1. The van der Waals surface area contributed by atoms with E-state index in [4.69, 9.17) is 0 Å². The van der Waals surface area contributed by atoms with E-state index in [9.17, 15) is 5.26 Å². The fourth-order valence-corrected chi connectivity index (χ4v) is 2.87. The summed E-state index contributed by atoms with van der Waals surface area (Å²) >= 11 is 0. The Labute approximate surface area is 136 Å². The predicted molar refractivity (Wildman–Crippen MR) is 91.8 cm³/mol. The maximum absolute atomic E-state index is 9.57. The van der Waals surface area contributed by atoms with Crippen molar-refractivity contribution in [2.24, 2.45) is 0 Å². The van der Waals surface area contributed by atoms with Gasteiger partial charge >= 0.3 is 0 Å². The first kappa shape index (κ1) is 15.3. The summed E-state index contributed by atoms with van der Waals surface area (Å²) in [6.45, 7) is 0.899. The minimum absolute atomic E-state index is 0.572. The molecule has 2 aromatic rings. The van der Waals surface area contributed by atoms with Crippen LogP contribution in [0.2, 0.25) is 0 Å². The third kappa shape index (κ3) is 3.26. The van der Waals surface area contributed by atoms with Crippen LogP contribution in [0.3, 0.4) is 0 Å². The zero-order valence-electron chi connectivity index (χ0n) is 13.7. The van der Waals surface area contributed by atoms with Crippen molar-refractivity contribution in [3.05, 3.63) is 41.5 Å². The van der Waals surface area contributed by atoms with Crippen LogP contribution in [0.4, 0.5) is 5.69 Å². The number of aryl methyl sites for hydroxylation is 1. The van der Waals surface area contributed by atoms with Gasteiger partial charge in [0.2, 0.25) is 0 Å². The van der Waals surface area contributed by atoms with E-state index in [1.54, 1.807) is 0 Å². The molecule has 0 bridgehead atoms. The Balaban J connectivity index is 1.94. The van der Waals surface area contributed by atoms with Crippen molar-refractivity contribution in [2.75, 3.05) is 19.0 Å². The van der Waals surface area contributed by atoms with E-state index >= 15 is 0 Å². The smallest absolute Gasteiger partial charge is 0.174 e. The average molecular weight is 307 g/mol. The molecule has 1 aliphatic heterocycles. The van der Waals surface area contributed by atoms with Crippen LogP contribution in [0.5, 0.6) is 0 Å². The molecule has 118 valence electrons. The van der Waals surface area contributed by atoms with E-state index < -0.39 is 0 Å². The molecule has 0 amide bonds. The van der Waals surface area contributed by atoms with Crippen molar-refractivity contribution in [2.45, 2.75) is 32.2 Å². The minimum Gasteiger partial charge on any atom is -0.378 e. The van der Waals surface area contributed by atoms with E-state index in [0.717, 1.165) is 42.9 Å². The first-order valence-corrected chi connectivity index (χ1v) is 8.00. The molecule has 0 saturated carbocycles. The Morgan fingerprint density at radius 3 is 2.65 bits per heavy atom. The lowest BCUT2D eigenvalue weighted by atomic mass is 10.1. The highest BCUT2D eigenvalue weighted by molar-refractivity contribution is 5.87. The number of aromatic nitrogens is 3. The van der Waals surface area contributed by atoms with Crippen molar-refractivity contribution >= 4 is 17.3 Å². The maximum atomic E-state index is 9.57. The van der Waals surface area contributed by atoms with E-state index in [2.05, 4.69) is 25.7 Å². The van der Waals surface area contributed by atoms with Crippen molar-refractivity contribution in [3.8, 4) is 6.07 Å². The summed E-state index contributed by atoms with van der Waals surface area (Å²) in [4.78, 5) is 2.05. The summed E-state index contributed by atoms with van der Waals surface area (Å²) < 4.78 is 2.11. The van der Waals surface area contributed by atoms with Crippen LogP contribution in [0.25, 0.3) is 11.6 Å². The number of benzene rings is 1. The second kappa shape index (κ2) is 6.66. The molecule has 0 N–H and O–H groups in total. The number of rotatable bonds is 3. The van der Waals surface area contributed by atoms with Gasteiger partial charge in [0.15, 0.2) is 5.82 Å². The first-order chi connectivity index (χ1) is 11.2. The molecule has 0 spiro atoms. The molecule has 1 aliphatic rings. The Bertz CT molecular complexity index is 747. The number of nitriles is 1. The first-order valence-electron chi connectivity index (χ1n) is 8.00. The molecule has 3 rings (SSSR count). The van der Waals surface area contributed by atoms with Crippen molar-refractivity contribution in [3.63, 3.8) is 0 Å². The van der Waals surface area contributed by atoms with Gasteiger partial charge in [-0.3, -0.25) is 0 Å². The Kier molecular flexibility index (Phi) is 4.42. The number of hydrogen-bond donors (Lipinski definition) is 0. The molecule has 23 heavy (non-hydrogen) atoms. The van der Waals surface area contributed by atoms with Gasteiger partial charge in [0.25, 0.3) is 0 Å². The lowest BCUT2D eigenvalue weighted by Gasteiger charge is -2.12. The van der Waals surface area contributed by atoms with Gasteiger partial charge in [-0.1, -0.05) is 18.6 Å². The lowest BCUT2D eigenvalue weighted by Crippen LogP contribution is -2.08. The predicted octanol–water partition coefficient (Wildman–Crippen LogP) is 3.13. The van der Waals surface area contributed by atoms with Gasteiger partial charge in [-0.15, -0.1) is 10.2 Å². The summed E-state index contributed by atoms with van der Waals surface area (Å²) in [5.41, 5.74) is 2.71. The average Bonchev–Trinajstić information content (AvgIpc) is 2.81. The topological polar surface area (TPSA) is 57.7 Å². The van der Waals surface area contributed by atoms with Crippen LogP contribution in [0.15, 0.2) is 24.3 Å². The van der Waals surface area contributed by atoms with Crippen molar-refractivity contribution in [1.29, 1.82) is 5.26 Å². The van der Waals surface area contributed by atoms with Gasteiger partial charge < -0.3 is 9.47 Å². The molecule has 0 saturated heterocycles. The number of allylic oxidation sites excluding steroid dienone is 1. The van der Waals surface area contributed by atoms with Crippen LogP contribution in [0.1, 0.15) is 36.5 Å². The summed E-state index contributed by atoms with van der Waals surface area (Å²) in [5, 5.41) is 18.1. The number of fused-ring (bicyclic) bond motifs is 1. The third-order valence-corrected chi connectivity index (χ3v) is 4.19. The highest BCUT2D eigenvalue weighted by Gasteiger charge is 2.17. The second-order valence-electron chi connectivity index (χ2n) is 6.06. The Morgan fingerprint density at radius 2 is 1.96 bits per heavy atom.